The molecule has 2 heterocycles. The molecule has 0 radical (unpaired) electrons. The van der Waals surface area contributed by atoms with Crippen LogP contribution in [-0.4, -0.2) is 23.7 Å². The summed E-state index contributed by atoms with van der Waals surface area (Å²) in [4.78, 5) is 18.0. The van der Waals surface area contributed by atoms with E-state index in [2.05, 4.69) is 11.1 Å². The highest BCUT2D eigenvalue weighted by molar-refractivity contribution is 7.14. The van der Waals surface area contributed by atoms with Crippen LogP contribution >= 0.6 is 11.3 Å². The third kappa shape index (κ3) is 2.48. The van der Waals surface area contributed by atoms with E-state index < -0.39 is 0 Å². The Morgan fingerprint density at radius 2 is 2.24 bits per heavy atom. The minimum atomic E-state index is -0.331. The molecule has 1 aromatic heterocycles. The zero-order valence-corrected chi connectivity index (χ0v) is 12.3. The monoisotopic (exact) mass is 299 g/mol. The molecule has 0 bridgehead atoms. The van der Waals surface area contributed by atoms with E-state index in [1.54, 1.807) is 17.0 Å². The standard InChI is InChI=1S/C15H13N3O2S/c1-2-12-8-20-15(19)18(12)14-17-13(9-21-14)11-5-3-10(7-16)4-6-11/h3-6,9,12H,2,8H2,1H3/t12-/m1/s1. The summed E-state index contributed by atoms with van der Waals surface area (Å²) < 4.78 is 5.09. The molecule has 3 rings (SSSR count). The summed E-state index contributed by atoms with van der Waals surface area (Å²) in [6.45, 7) is 2.44. The average molecular weight is 299 g/mol. The van der Waals surface area contributed by atoms with Crippen molar-refractivity contribution in [2.45, 2.75) is 19.4 Å². The van der Waals surface area contributed by atoms with Crippen molar-refractivity contribution in [2.24, 2.45) is 0 Å². The number of hydrogen-bond acceptors (Lipinski definition) is 5. The summed E-state index contributed by atoms with van der Waals surface area (Å²) in [6, 6.07) is 9.37. The number of benzene rings is 1. The maximum atomic E-state index is 11.8. The van der Waals surface area contributed by atoms with E-state index in [0.29, 0.717) is 17.3 Å². The molecular weight excluding hydrogens is 286 g/mol. The van der Waals surface area contributed by atoms with Gasteiger partial charge in [0, 0.05) is 10.9 Å². The van der Waals surface area contributed by atoms with Gasteiger partial charge >= 0.3 is 6.09 Å². The predicted octanol–water partition coefficient (Wildman–Crippen LogP) is 3.42. The van der Waals surface area contributed by atoms with Crippen LogP contribution in [-0.2, 0) is 4.74 Å². The first kappa shape index (κ1) is 13.6. The van der Waals surface area contributed by atoms with Crippen LogP contribution in [0.15, 0.2) is 29.6 Å². The number of hydrogen-bond donors (Lipinski definition) is 0. The summed E-state index contributed by atoms with van der Waals surface area (Å²) in [5.41, 5.74) is 2.34. The van der Waals surface area contributed by atoms with E-state index >= 15 is 0 Å². The Bertz CT molecular complexity index is 702. The molecule has 1 aliphatic heterocycles. The van der Waals surface area contributed by atoms with Crippen molar-refractivity contribution in [3.8, 4) is 17.3 Å². The van der Waals surface area contributed by atoms with Gasteiger partial charge in [-0.25, -0.2) is 14.7 Å². The highest BCUT2D eigenvalue weighted by Crippen LogP contribution is 2.31. The van der Waals surface area contributed by atoms with Crippen molar-refractivity contribution in [1.82, 2.24) is 4.98 Å². The summed E-state index contributed by atoms with van der Waals surface area (Å²) >= 11 is 1.42. The molecule has 0 aliphatic carbocycles. The van der Waals surface area contributed by atoms with E-state index in [-0.39, 0.29) is 12.1 Å². The lowest BCUT2D eigenvalue weighted by Crippen LogP contribution is -2.32. The third-order valence-electron chi connectivity index (χ3n) is 3.44. The second-order valence-electron chi connectivity index (χ2n) is 4.71. The van der Waals surface area contributed by atoms with Crippen molar-refractivity contribution in [1.29, 1.82) is 5.26 Å². The molecule has 21 heavy (non-hydrogen) atoms. The van der Waals surface area contributed by atoms with E-state index in [9.17, 15) is 4.79 Å². The summed E-state index contributed by atoms with van der Waals surface area (Å²) in [5.74, 6) is 0. The fourth-order valence-corrected chi connectivity index (χ4v) is 3.11. The summed E-state index contributed by atoms with van der Waals surface area (Å²) in [5, 5.41) is 11.4. The van der Waals surface area contributed by atoms with Gasteiger partial charge in [0.2, 0.25) is 0 Å². The second-order valence-corrected chi connectivity index (χ2v) is 5.55. The van der Waals surface area contributed by atoms with Crippen molar-refractivity contribution >= 4 is 22.6 Å². The number of rotatable bonds is 3. The molecule has 1 fully saturated rings. The molecular formula is C15H13N3O2S. The smallest absolute Gasteiger partial charge is 0.416 e. The van der Waals surface area contributed by atoms with Gasteiger partial charge in [-0.05, 0) is 18.6 Å². The zero-order chi connectivity index (χ0) is 14.8. The maximum absolute atomic E-state index is 11.8. The largest absolute Gasteiger partial charge is 0.447 e. The fraction of sp³-hybridized carbons (Fsp3) is 0.267. The minimum Gasteiger partial charge on any atom is -0.447 e. The molecule has 5 nitrogen and oxygen atoms in total. The summed E-state index contributed by atoms with van der Waals surface area (Å²) in [7, 11) is 0. The van der Waals surface area contributed by atoms with Gasteiger partial charge < -0.3 is 4.74 Å². The Hall–Kier alpha value is -2.39. The lowest BCUT2D eigenvalue weighted by Gasteiger charge is -2.16. The number of aromatic nitrogens is 1. The van der Waals surface area contributed by atoms with E-state index in [1.165, 1.54) is 11.3 Å². The molecule has 2 aromatic rings. The number of nitriles is 1. The Labute approximate surface area is 126 Å². The zero-order valence-electron chi connectivity index (χ0n) is 11.4. The van der Waals surface area contributed by atoms with Gasteiger partial charge in [-0.1, -0.05) is 19.1 Å². The molecule has 0 unspecified atom stereocenters. The van der Waals surface area contributed by atoms with E-state index in [0.717, 1.165) is 17.7 Å². The number of nitrogens with zero attached hydrogens (tertiary/aromatic N) is 3. The van der Waals surface area contributed by atoms with Crippen molar-refractivity contribution in [3.05, 3.63) is 35.2 Å². The van der Waals surface area contributed by atoms with Crippen molar-refractivity contribution in [2.75, 3.05) is 11.5 Å². The number of amides is 1. The van der Waals surface area contributed by atoms with Gasteiger partial charge in [-0.3, -0.25) is 0 Å². The van der Waals surface area contributed by atoms with Crippen LogP contribution < -0.4 is 4.90 Å². The van der Waals surface area contributed by atoms with Gasteiger partial charge in [0.1, 0.15) is 6.61 Å². The van der Waals surface area contributed by atoms with Crippen LogP contribution in [0.3, 0.4) is 0 Å². The molecule has 0 N–H and O–H groups in total. The topological polar surface area (TPSA) is 66.2 Å². The molecule has 0 saturated carbocycles. The SMILES string of the molecule is CC[C@@H]1COC(=O)N1c1nc(-c2ccc(C#N)cc2)cs1. The highest BCUT2D eigenvalue weighted by atomic mass is 32.1. The minimum absolute atomic E-state index is 0.0532. The third-order valence-corrected chi connectivity index (χ3v) is 4.28. The molecule has 1 aromatic carbocycles. The van der Waals surface area contributed by atoms with E-state index in [1.807, 2.05) is 24.4 Å². The normalized spacial score (nSPS) is 17.6. The van der Waals surface area contributed by atoms with Crippen LogP contribution in [0, 0.1) is 11.3 Å². The first-order chi connectivity index (χ1) is 10.2. The van der Waals surface area contributed by atoms with E-state index in [4.69, 9.17) is 10.00 Å². The number of carbonyl (C=O) groups is 1. The highest BCUT2D eigenvalue weighted by Gasteiger charge is 2.34. The number of carbonyl (C=O) groups excluding carboxylic acids is 1. The predicted molar refractivity (Wildman–Crippen MR) is 80.2 cm³/mol. The molecule has 1 amide bonds. The van der Waals surface area contributed by atoms with Crippen LogP contribution in [0.2, 0.25) is 0 Å². The van der Waals surface area contributed by atoms with Crippen LogP contribution in [0.5, 0.6) is 0 Å². The van der Waals surface area contributed by atoms with Gasteiger partial charge in [0.05, 0.1) is 23.4 Å². The Morgan fingerprint density at radius 1 is 1.48 bits per heavy atom. The molecule has 1 atom stereocenters. The number of ether oxygens (including phenoxy) is 1. The first-order valence-electron chi connectivity index (χ1n) is 6.65. The quantitative estimate of drug-likeness (QED) is 0.871. The molecule has 1 saturated heterocycles. The Morgan fingerprint density at radius 3 is 2.90 bits per heavy atom. The fourth-order valence-electron chi connectivity index (χ4n) is 2.22. The summed E-state index contributed by atoms with van der Waals surface area (Å²) in [6.07, 6.45) is 0.500. The number of anilines is 1. The molecule has 6 heteroatoms. The van der Waals surface area contributed by atoms with Crippen LogP contribution in [0.25, 0.3) is 11.3 Å². The maximum Gasteiger partial charge on any atom is 0.416 e. The number of thiazole rings is 1. The lowest BCUT2D eigenvalue weighted by molar-refractivity contribution is 0.178. The van der Waals surface area contributed by atoms with Crippen LogP contribution in [0.4, 0.5) is 9.93 Å². The van der Waals surface area contributed by atoms with Crippen LogP contribution in [0.1, 0.15) is 18.9 Å². The molecule has 1 aliphatic rings. The van der Waals surface area contributed by atoms with Gasteiger partial charge in [0.25, 0.3) is 0 Å². The first-order valence-corrected chi connectivity index (χ1v) is 7.53. The van der Waals surface area contributed by atoms with Crippen molar-refractivity contribution < 1.29 is 9.53 Å². The Kier molecular flexibility index (Phi) is 3.59. The second kappa shape index (κ2) is 5.54. The van der Waals surface area contributed by atoms with Crippen molar-refractivity contribution in [3.63, 3.8) is 0 Å². The van der Waals surface area contributed by atoms with Gasteiger partial charge in [-0.2, -0.15) is 5.26 Å². The van der Waals surface area contributed by atoms with Gasteiger partial charge in [0.15, 0.2) is 5.13 Å². The molecule has 106 valence electrons. The lowest BCUT2D eigenvalue weighted by atomic mass is 10.1. The Balaban J connectivity index is 1.89. The molecule has 0 spiro atoms. The average Bonchev–Trinajstić information content (AvgIpc) is 3.13. The van der Waals surface area contributed by atoms with Gasteiger partial charge in [-0.15, -0.1) is 11.3 Å². The number of cyclic esters (lactones) is 1.